The number of aromatic nitrogens is 1. The molecule has 0 spiro atoms. The number of carbonyl (C=O) groups excluding carboxylic acids is 2. The van der Waals surface area contributed by atoms with Crippen LogP contribution in [-0.2, 0) is 16.1 Å². The summed E-state index contributed by atoms with van der Waals surface area (Å²) in [5, 5.41) is 5.77. The van der Waals surface area contributed by atoms with E-state index in [0.717, 1.165) is 30.3 Å². The number of nitrogens with zero attached hydrogens (tertiary/aromatic N) is 3. The highest BCUT2D eigenvalue weighted by Gasteiger charge is 2.24. The number of anilines is 1. The zero-order valence-electron chi connectivity index (χ0n) is 15.6. The first-order valence-electron chi connectivity index (χ1n) is 8.98. The van der Waals surface area contributed by atoms with E-state index in [1.807, 2.05) is 12.3 Å². The maximum absolute atomic E-state index is 11.7. The van der Waals surface area contributed by atoms with E-state index >= 15 is 0 Å². The molecule has 1 atom stereocenters. The third kappa shape index (κ3) is 6.50. The summed E-state index contributed by atoms with van der Waals surface area (Å²) in [6.45, 7) is 6.94. The van der Waals surface area contributed by atoms with Crippen molar-refractivity contribution in [2.75, 3.05) is 31.1 Å². The molecule has 0 bridgehead atoms. The molecule has 1 aliphatic rings. The monoisotopic (exact) mass is 403 g/mol. The average Bonchev–Trinajstić information content (AvgIpc) is 3.03. The van der Waals surface area contributed by atoms with Gasteiger partial charge in [-0.05, 0) is 26.3 Å². The standard InChI is InChI=1S/C17H29N5O2S.ClH/c1-3-22(13(2)23)17-20-14(12-25-17)11-21-9-5-4-6-15(21)10-19-16(24)7-8-18;/h12,15H,3-11,18H2,1-2H3,(H,19,24);1H. The molecule has 0 saturated carbocycles. The fourth-order valence-corrected chi connectivity index (χ4v) is 4.07. The molecule has 3 N–H and O–H groups in total. The Balaban J connectivity index is 0.00000338. The van der Waals surface area contributed by atoms with Gasteiger partial charge in [-0.15, -0.1) is 23.7 Å². The van der Waals surface area contributed by atoms with Crippen LogP contribution in [0.4, 0.5) is 5.13 Å². The van der Waals surface area contributed by atoms with Crippen molar-refractivity contribution in [3.63, 3.8) is 0 Å². The summed E-state index contributed by atoms with van der Waals surface area (Å²) in [7, 11) is 0. The summed E-state index contributed by atoms with van der Waals surface area (Å²) in [5.74, 6) is 0.0332. The fraction of sp³-hybridized carbons (Fsp3) is 0.706. The zero-order valence-corrected chi connectivity index (χ0v) is 17.2. The number of amides is 2. The van der Waals surface area contributed by atoms with Crippen molar-refractivity contribution in [1.82, 2.24) is 15.2 Å². The minimum atomic E-state index is 0. The predicted molar refractivity (Wildman–Crippen MR) is 108 cm³/mol. The molecular formula is C17H30ClN5O2S. The van der Waals surface area contributed by atoms with Gasteiger partial charge in [0.2, 0.25) is 11.8 Å². The van der Waals surface area contributed by atoms with Crippen LogP contribution >= 0.6 is 23.7 Å². The molecule has 1 aliphatic heterocycles. The Hall–Kier alpha value is -1.22. The summed E-state index contributed by atoms with van der Waals surface area (Å²) in [4.78, 5) is 32.0. The van der Waals surface area contributed by atoms with Crippen molar-refractivity contribution in [2.45, 2.75) is 52.1 Å². The van der Waals surface area contributed by atoms with E-state index in [4.69, 9.17) is 5.73 Å². The van der Waals surface area contributed by atoms with E-state index in [0.29, 0.717) is 32.1 Å². The van der Waals surface area contributed by atoms with Gasteiger partial charge in [-0.1, -0.05) is 6.42 Å². The van der Waals surface area contributed by atoms with Crippen LogP contribution in [0.5, 0.6) is 0 Å². The fourth-order valence-electron chi connectivity index (χ4n) is 3.14. The minimum Gasteiger partial charge on any atom is -0.354 e. The molecule has 9 heteroatoms. The molecule has 2 heterocycles. The Bertz CT molecular complexity index is 583. The highest BCUT2D eigenvalue weighted by atomic mass is 35.5. The first kappa shape index (κ1) is 22.8. The molecule has 26 heavy (non-hydrogen) atoms. The van der Waals surface area contributed by atoms with Gasteiger partial charge in [0, 0.05) is 50.9 Å². The van der Waals surface area contributed by atoms with E-state index in [-0.39, 0.29) is 24.2 Å². The second-order valence-electron chi connectivity index (χ2n) is 6.35. The lowest BCUT2D eigenvalue weighted by Gasteiger charge is -2.35. The summed E-state index contributed by atoms with van der Waals surface area (Å²) < 4.78 is 0. The Morgan fingerprint density at radius 3 is 2.88 bits per heavy atom. The molecule has 2 amide bonds. The van der Waals surface area contributed by atoms with Gasteiger partial charge in [0.25, 0.3) is 0 Å². The zero-order chi connectivity index (χ0) is 18.2. The lowest BCUT2D eigenvalue weighted by Crippen LogP contribution is -2.46. The van der Waals surface area contributed by atoms with Gasteiger partial charge in [-0.3, -0.25) is 19.4 Å². The van der Waals surface area contributed by atoms with Gasteiger partial charge in [-0.25, -0.2) is 4.98 Å². The molecule has 1 saturated heterocycles. The Morgan fingerprint density at radius 2 is 2.23 bits per heavy atom. The van der Waals surface area contributed by atoms with Gasteiger partial charge in [0.05, 0.1) is 5.69 Å². The molecule has 148 valence electrons. The Morgan fingerprint density at radius 1 is 1.46 bits per heavy atom. The van der Waals surface area contributed by atoms with E-state index < -0.39 is 0 Å². The number of halogens is 1. The van der Waals surface area contributed by atoms with Gasteiger partial charge in [-0.2, -0.15) is 0 Å². The highest BCUT2D eigenvalue weighted by molar-refractivity contribution is 7.14. The lowest BCUT2D eigenvalue weighted by atomic mass is 10.0. The topological polar surface area (TPSA) is 91.6 Å². The van der Waals surface area contributed by atoms with E-state index in [9.17, 15) is 9.59 Å². The number of piperidine rings is 1. The van der Waals surface area contributed by atoms with Crippen LogP contribution in [-0.4, -0.2) is 53.9 Å². The molecule has 1 unspecified atom stereocenters. The second kappa shape index (κ2) is 11.5. The van der Waals surface area contributed by atoms with Crippen molar-refractivity contribution in [1.29, 1.82) is 0 Å². The normalized spacial score (nSPS) is 17.4. The number of hydrogen-bond acceptors (Lipinski definition) is 6. The number of likely N-dealkylation sites (tertiary alicyclic amines) is 1. The Kier molecular flexibility index (Phi) is 10.1. The van der Waals surface area contributed by atoms with Crippen LogP contribution in [0, 0.1) is 0 Å². The predicted octanol–water partition coefficient (Wildman–Crippen LogP) is 1.76. The number of rotatable bonds is 8. The van der Waals surface area contributed by atoms with Gasteiger partial charge in [0.1, 0.15) is 0 Å². The third-order valence-corrected chi connectivity index (χ3v) is 5.40. The molecule has 1 aromatic heterocycles. The smallest absolute Gasteiger partial charge is 0.225 e. The summed E-state index contributed by atoms with van der Waals surface area (Å²) in [6.07, 6.45) is 3.80. The van der Waals surface area contributed by atoms with Crippen LogP contribution in [0.2, 0.25) is 0 Å². The van der Waals surface area contributed by atoms with Crippen molar-refractivity contribution < 1.29 is 9.59 Å². The van der Waals surface area contributed by atoms with Crippen molar-refractivity contribution >= 4 is 40.7 Å². The van der Waals surface area contributed by atoms with Crippen LogP contribution in [0.3, 0.4) is 0 Å². The molecule has 1 aromatic rings. The van der Waals surface area contributed by atoms with Crippen LogP contribution < -0.4 is 16.0 Å². The van der Waals surface area contributed by atoms with Crippen molar-refractivity contribution in [3.8, 4) is 0 Å². The van der Waals surface area contributed by atoms with E-state index in [1.54, 1.807) is 11.8 Å². The average molecular weight is 404 g/mol. The summed E-state index contributed by atoms with van der Waals surface area (Å²) in [6, 6.07) is 0.329. The van der Waals surface area contributed by atoms with Crippen molar-refractivity contribution in [3.05, 3.63) is 11.1 Å². The van der Waals surface area contributed by atoms with Gasteiger partial charge in [0.15, 0.2) is 5.13 Å². The van der Waals surface area contributed by atoms with Crippen LogP contribution in [0.15, 0.2) is 5.38 Å². The first-order valence-corrected chi connectivity index (χ1v) is 9.86. The maximum Gasteiger partial charge on any atom is 0.225 e. The Labute approximate surface area is 165 Å². The second-order valence-corrected chi connectivity index (χ2v) is 7.18. The minimum absolute atomic E-state index is 0. The molecule has 1 fully saturated rings. The quantitative estimate of drug-likeness (QED) is 0.690. The molecule has 0 radical (unpaired) electrons. The van der Waals surface area contributed by atoms with Crippen molar-refractivity contribution in [2.24, 2.45) is 5.73 Å². The number of nitrogens with two attached hydrogens (primary N) is 1. The molecule has 7 nitrogen and oxygen atoms in total. The van der Waals surface area contributed by atoms with Crippen LogP contribution in [0.1, 0.15) is 45.2 Å². The SMILES string of the molecule is CCN(C(C)=O)c1nc(CN2CCCCC2CNC(=O)CCN)cs1.Cl. The molecular weight excluding hydrogens is 374 g/mol. The summed E-state index contributed by atoms with van der Waals surface area (Å²) >= 11 is 1.51. The third-order valence-electron chi connectivity index (χ3n) is 4.49. The van der Waals surface area contributed by atoms with Gasteiger partial charge >= 0.3 is 0 Å². The molecule has 0 aromatic carbocycles. The first-order chi connectivity index (χ1) is 12.0. The number of carbonyl (C=O) groups is 2. The molecule has 0 aliphatic carbocycles. The van der Waals surface area contributed by atoms with E-state index in [2.05, 4.69) is 15.2 Å². The highest BCUT2D eigenvalue weighted by Crippen LogP contribution is 2.24. The lowest BCUT2D eigenvalue weighted by molar-refractivity contribution is -0.121. The number of nitrogens with one attached hydrogen (secondary N) is 1. The molecule has 2 rings (SSSR count). The maximum atomic E-state index is 11.7. The largest absolute Gasteiger partial charge is 0.354 e. The number of thiazole rings is 1. The van der Waals surface area contributed by atoms with Gasteiger partial charge < -0.3 is 11.1 Å². The summed E-state index contributed by atoms with van der Waals surface area (Å²) in [5.41, 5.74) is 6.41. The van der Waals surface area contributed by atoms with E-state index in [1.165, 1.54) is 24.2 Å². The number of hydrogen-bond donors (Lipinski definition) is 2. The van der Waals surface area contributed by atoms with Crippen LogP contribution in [0.25, 0.3) is 0 Å².